The molecule has 3 aromatic rings. The predicted molar refractivity (Wildman–Crippen MR) is 128 cm³/mol. The van der Waals surface area contributed by atoms with Gasteiger partial charge in [0.15, 0.2) is 0 Å². The molecule has 1 aliphatic heterocycles. The molecule has 1 unspecified atom stereocenters. The number of piperidine rings is 1. The van der Waals surface area contributed by atoms with E-state index in [0.29, 0.717) is 61.2 Å². The third kappa shape index (κ3) is 4.22. The number of rotatable bonds is 6. The predicted octanol–water partition coefficient (Wildman–Crippen LogP) is 2.95. The van der Waals surface area contributed by atoms with Crippen LogP contribution in [0.15, 0.2) is 35.1 Å². The lowest BCUT2D eigenvalue weighted by Gasteiger charge is -2.33. The van der Waals surface area contributed by atoms with Crippen molar-refractivity contribution in [2.75, 3.05) is 19.7 Å². The van der Waals surface area contributed by atoms with Gasteiger partial charge in [-0.25, -0.2) is 9.36 Å². The Morgan fingerprint density at radius 1 is 1.09 bits per heavy atom. The summed E-state index contributed by atoms with van der Waals surface area (Å²) in [7, 11) is 0. The Morgan fingerprint density at radius 2 is 1.76 bits per heavy atom. The summed E-state index contributed by atoms with van der Waals surface area (Å²) in [6.07, 6.45) is 1.55. The summed E-state index contributed by atoms with van der Waals surface area (Å²) < 4.78 is 8.19. The van der Waals surface area contributed by atoms with E-state index in [1.165, 1.54) is 4.68 Å². The van der Waals surface area contributed by atoms with Crippen molar-refractivity contribution < 1.29 is 14.3 Å². The first kappa shape index (κ1) is 23.7. The number of ether oxygens (including phenoxy) is 1. The monoisotopic (exact) mass is 465 g/mol. The van der Waals surface area contributed by atoms with Crippen molar-refractivity contribution in [3.8, 4) is 5.69 Å². The molecule has 2 aromatic heterocycles. The maximum absolute atomic E-state index is 13.6. The molecule has 0 aliphatic carbocycles. The normalized spacial score (nSPS) is 15.5. The van der Waals surface area contributed by atoms with Gasteiger partial charge in [-0.05, 0) is 52.2 Å². The number of para-hydroxylation sites is 1. The van der Waals surface area contributed by atoms with Gasteiger partial charge in [-0.2, -0.15) is 10.2 Å². The van der Waals surface area contributed by atoms with Crippen molar-refractivity contribution in [3.05, 3.63) is 52.1 Å². The molecular formula is C25H31N5O4. The van der Waals surface area contributed by atoms with Crippen LogP contribution in [-0.2, 0) is 14.3 Å². The Hall–Kier alpha value is -3.49. The van der Waals surface area contributed by atoms with Crippen molar-refractivity contribution in [1.29, 1.82) is 0 Å². The third-order valence-electron chi connectivity index (χ3n) is 6.53. The summed E-state index contributed by atoms with van der Waals surface area (Å²) in [6, 6.07) is 8.91. The molecule has 3 heterocycles. The number of hydrogen-bond donors (Lipinski definition) is 0. The lowest BCUT2D eigenvalue weighted by molar-refractivity contribution is -0.151. The minimum absolute atomic E-state index is 0.147. The number of esters is 1. The molecule has 4 rings (SSSR count). The smallest absolute Gasteiger partial charge is 0.309 e. The highest BCUT2D eigenvalue weighted by Gasteiger charge is 2.33. The molecule has 180 valence electrons. The third-order valence-corrected chi connectivity index (χ3v) is 6.53. The molecule has 9 heteroatoms. The van der Waals surface area contributed by atoms with Crippen LogP contribution in [0.4, 0.5) is 0 Å². The molecule has 1 amide bonds. The van der Waals surface area contributed by atoms with Gasteiger partial charge in [0, 0.05) is 13.1 Å². The molecule has 0 radical (unpaired) electrons. The highest BCUT2D eigenvalue weighted by atomic mass is 16.5. The summed E-state index contributed by atoms with van der Waals surface area (Å²) in [5.41, 5.74) is 2.39. The van der Waals surface area contributed by atoms with Crippen LogP contribution in [0.25, 0.3) is 16.6 Å². The van der Waals surface area contributed by atoms with Gasteiger partial charge in [-0.1, -0.05) is 25.1 Å². The Balaban J connectivity index is 1.65. The van der Waals surface area contributed by atoms with E-state index < -0.39 is 6.04 Å². The van der Waals surface area contributed by atoms with E-state index in [1.807, 2.05) is 51.1 Å². The van der Waals surface area contributed by atoms with Crippen molar-refractivity contribution >= 4 is 22.8 Å². The Labute approximate surface area is 198 Å². The van der Waals surface area contributed by atoms with Gasteiger partial charge < -0.3 is 9.64 Å². The number of aromatic nitrogens is 4. The molecule has 9 nitrogen and oxygen atoms in total. The number of aryl methyl sites for hydroxylation is 2. The molecule has 0 saturated carbocycles. The standard InChI is InChI=1S/C25H31N5O4/c1-5-20(23(31)28-14-12-18(13-15-28)25(33)34-6-2)30-24(32)21-17(4)29(19-10-8-7-9-11-19)27-22(21)16(3)26-30/h7-11,18,20H,5-6,12-15H2,1-4H3. The molecule has 0 bridgehead atoms. The maximum Gasteiger partial charge on any atom is 0.309 e. The maximum atomic E-state index is 13.6. The van der Waals surface area contributed by atoms with Crippen LogP contribution >= 0.6 is 0 Å². The zero-order valence-corrected chi connectivity index (χ0v) is 20.2. The molecule has 34 heavy (non-hydrogen) atoms. The lowest BCUT2D eigenvalue weighted by atomic mass is 9.96. The van der Waals surface area contributed by atoms with E-state index in [1.54, 1.807) is 16.5 Å². The highest BCUT2D eigenvalue weighted by molar-refractivity contribution is 5.84. The van der Waals surface area contributed by atoms with Gasteiger partial charge in [0.2, 0.25) is 5.91 Å². The number of carbonyl (C=O) groups excluding carboxylic acids is 2. The van der Waals surface area contributed by atoms with E-state index in [2.05, 4.69) is 10.2 Å². The topological polar surface area (TPSA) is 99.3 Å². The van der Waals surface area contributed by atoms with Crippen molar-refractivity contribution in [2.45, 2.75) is 53.0 Å². The molecule has 1 aromatic carbocycles. The van der Waals surface area contributed by atoms with Crippen LogP contribution in [0.1, 0.15) is 50.5 Å². The van der Waals surface area contributed by atoms with E-state index in [0.717, 1.165) is 5.69 Å². The number of fused-ring (bicyclic) bond motifs is 1. The molecule has 1 atom stereocenters. The Kier molecular flexibility index (Phi) is 6.81. The molecular weight excluding hydrogens is 434 g/mol. The van der Waals surface area contributed by atoms with E-state index >= 15 is 0 Å². The Bertz CT molecular complexity index is 1260. The second-order valence-electron chi connectivity index (χ2n) is 8.67. The van der Waals surface area contributed by atoms with E-state index in [4.69, 9.17) is 4.74 Å². The largest absolute Gasteiger partial charge is 0.466 e. The van der Waals surface area contributed by atoms with Crippen LogP contribution in [0.3, 0.4) is 0 Å². The van der Waals surface area contributed by atoms with Crippen molar-refractivity contribution in [1.82, 2.24) is 24.5 Å². The second-order valence-corrected chi connectivity index (χ2v) is 8.67. The fourth-order valence-corrected chi connectivity index (χ4v) is 4.67. The van der Waals surface area contributed by atoms with E-state index in [-0.39, 0.29) is 23.4 Å². The van der Waals surface area contributed by atoms with Crippen molar-refractivity contribution in [3.63, 3.8) is 0 Å². The summed E-state index contributed by atoms with van der Waals surface area (Å²) >= 11 is 0. The Morgan fingerprint density at radius 3 is 2.38 bits per heavy atom. The first-order chi connectivity index (χ1) is 16.4. The average Bonchev–Trinajstić information content (AvgIpc) is 3.21. The number of benzene rings is 1. The zero-order valence-electron chi connectivity index (χ0n) is 20.2. The van der Waals surface area contributed by atoms with Crippen LogP contribution in [0.5, 0.6) is 0 Å². The molecule has 1 aliphatic rings. The minimum Gasteiger partial charge on any atom is -0.466 e. The SMILES string of the molecule is CCOC(=O)C1CCN(C(=O)C(CC)n2nc(C)c3nn(-c4ccccc4)c(C)c3c2=O)CC1. The summed E-state index contributed by atoms with van der Waals surface area (Å²) in [4.78, 5) is 40.8. The second kappa shape index (κ2) is 9.79. The summed E-state index contributed by atoms with van der Waals surface area (Å²) in [6.45, 7) is 8.60. The molecule has 0 N–H and O–H groups in total. The van der Waals surface area contributed by atoms with Crippen molar-refractivity contribution in [2.24, 2.45) is 5.92 Å². The van der Waals surface area contributed by atoms with E-state index in [9.17, 15) is 14.4 Å². The van der Waals surface area contributed by atoms with Gasteiger partial charge >= 0.3 is 5.97 Å². The summed E-state index contributed by atoms with van der Waals surface area (Å²) in [5.74, 6) is -0.534. The van der Waals surface area contributed by atoms with Gasteiger partial charge in [0.05, 0.1) is 35.0 Å². The van der Waals surface area contributed by atoms with Gasteiger partial charge in [0.25, 0.3) is 5.56 Å². The highest BCUT2D eigenvalue weighted by Crippen LogP contribution is 2.24. The first-order valence-electron chi connectivity index (χ1n) is 11.9. The molecule has 0 spiro atoms. The van der Waals surface area contributed by atoms with Gasteiger partial charge in [-0.15, -0.1) is 0 Å². The average molecular weight is 466 g/mol. The van der Waals surface area contributed by atoms with Gasteiger partial charge in [-0.3, -0.25) is 14.4 Å². The number of hydrogen-bond acceptors (Lipinski definition) is 6. The fraction of sp³-hybridized carbons (Fsp3) is 0.480. The number of amides is 1. The number of carbonyl (C=O) groups is 2. The summed E-state index contributed by atoms with van der Waals surface area (Å²) in [5, 5.41) is 9.63. The molecule has 1 fully saturated rings. The van der Waals surface area contributed by atoms with Crippen LogP contribution in [0.2, 0.25) is 0 Å². The van der Waals surface area contributed by atoms with Crippen LogP contribution in [-0.4, -0.2) is 56.0 Å². The number of likely N-dealkylation sites (tertiary alicyclic amines) is 1. The van der Waals surface area contributed by atoms with Crippen LogP contribution < -0.4 is 5.56 Å². The first-order valence-corrected chi connectivity index (χ1v) is 11.9. The minimum atomic E-state index is -0.714. The quantitative estimate of drug-likeness (QED) is 0.519. The van der Waals surface area contributed by atoms with Gasteiger partial charge in [0.1, 0.15) is 11.6 Å². The number of nitrogens with zero attached hydrogens (tertiary/aromatic N) is 5. The lowest BCUT2D eigenvalue weighted by Crippen LogP contribution is -2.46. The molecule has 1 saturated heterocycles. The zero-order chi connectivity index (χ0) is 24.4. The fourth-order valence-electron chi connectivity index (χ4n) is 4.67. The van der Waals surface area contributed by atoms with Crippen LogP contribution in [0, 0.1) is 19.8 Å².